The number of aromatic nitrogens is 2. The zero-order valence-electron chi connectivity index (χ0n) is 16.1. The molecule has 154 valence electrons. The number of nitrogens with one attached hydrogen (secondary N) is 1. The normalized spacial score (nSPS) is 21.0. The molecular formula is C20H20N6O4. The lowest BCUT2D eigenvalue weighted by Gasteiger charge is -2.30. The molecule has 10 heteroatoms. The van der Waals surface area contributed by atoms with Crippen molar-refractivity contribution in [1.29, 1.82) is 0 Å². The van der Waals surface area contributed by atoms with E-state index in [0.717, 1.165) is 30.2 Å². The van der Waals surface area contributed by atoms with Crippen LogP contribution in [0.3, 0.4) is 0 Å². The molecule has 30 heavy (non-hydrogen) atoms. The van der Waals surface area contributed by atoms with Crippen LogP contribution in [-0.4, -0.2) is 50.9 Å². The maximum absolute atomic E-state index is 13.2. The van der Waals surface area contributed by atoms with Crippen molar-refractivity contribution < 1.29 is 19.2 Å². The zero-order valence-corrected chi connectivity index (χ0v) is 16.1. The largest absolute Gasteiger partial charge is 0.394 e. The fourth-order valence-corrected chi connectivity index (χ4v) is 4.50. The molecule has 1 atom stereocenters. The molecule has 0 saturated carbocycles. The van der Waals surface area contributed by atoms with Gasteiger partial charge in [0, 0.05) is 26.1 Å². The van der Waals surface area contributed by atoms with Gasteiger partial charge in [0.05, 0.1) is 23.0 Å². The molecule has 1 fully saturated rings. The standard InChI is InChI=1S/C20H20N6O4/c21-13-9-22-25-8-2-7-24(18(13)25)10-11-3-1-4-12-16(11)20(30)26(19(12)29)14-5-6-15(27)23-17(14)28/h1,3-4,9,14H,2,5-8,10,21H2,(H,23,27,28). The molecule has 1 unspecified atom stereocenters. The predicted molar refractivity (Wildman–Crippen MR) is 105 cm³/mol. The Bertz CT molecular complexity index is 1110. The molecule has 0 aliphatic carbocycles. The third-order valence-electron chi connectivity index (χ3n) is 5.85. The van der Waals surface area contributed by atoms with E-state index < -0.39 is 29.7 Å². The van der Waals surface area contributed by atoms with E-state index in [0.29, 0.717) is 23.4 Å². The number of rotatable bonds is 3. The van der Waals surface area contributed by atoms with Gasteiger partial charge in [0.25, 0.3) is 11.8 Å². The summed E-state index contributed by atoms with van der Waals surface area (Å²) in [6.45, 7) is 1.91. The van der Waals surface area contributed by atoms with Crippen LogP contribution in [0.5, 0.6) is 0 Å². The Kier molecular flexibility index (Phi) is 4.09. The number of nitrogen functional groups attached to an aromatic ring is 1. The van der Waals surface area contributed by atoms with Crippen LogP contribution in [0.1, 0.15) is 45.5 Å². The van der Waals surface area contributed by atoms with E-state index in [1.165, 1.54) is 0 Å². The molecule has 4 heterocycles. The van der Waals surface area contributed by atoms with Crippen LogP contribution >= 0.6 is 0 Å². The van der Waals surface area contributed by atoms with Crippen molar-refractivity contribution in [1.82, 2.24) is 20.0 Å². The molecule has 1 saturated heterocycles. The van der Waals surface area contributed by atoms with E-state index in [4.69, 9.17) is 5.73 Å². The second-order valence-corrected chi connectivity index (χ2v) is 7.71. The number of carbonyl (C=O) groups is 4. The van der Waals surface area contributed by atoms with Crippen molar-refractivity contribution in [2.24, 2.45) is 0 Å². The molecule has 0 radical (unpaired) electrons. The van der Waals surface area contributed by atoms with E-state index in [1.807, 2.05) is 15.6 Å². The van der Waals surface area contributed by atoms with Crippen LogP contribution in [0.15, 0.2) is 24.4 Å². The summed E-state index contributed by atoms with van der Waals surface area (Å²) >= 11 is 0. The highest BCUT2D eigenvalue weighted by molar-refractivity contribution is 6.24. The third-order valence-corrected chi connectivity index (χ3v) is 5.85. The van der Waals surface area contributed by atoms with Crippen LogP contribution in [-0.2, 0) is 22.7 Å². The minimum absolute atomic E-state index is 0.0910. The monoisotopic (exact) mass is 408 g/mol. The SMILES string of the molecule is Nc1cnn2c1N(Cc1cccc3c1C(=O)N(C1CCC(=O)NC1=O)C3=O)CCC2. The van der Waals surface area contributed by atoms with Gasteiger partial charge < -0.3 is 10.6 Å². The number of hydrogen-bond donors (Lipinski definition) is 2. The maximum atomic E-state index is 13.2. The first-order valence-corrected chi connectivity index (χ1v) is 9.85. The van der Waals surface area contributed by atoms with E-state index >= 15 is 0 Å². The van der Waals surface area contributed by atoms with Crippen molar-refractivity contribution >= 4 is 35.1 Å². The molecule has 10 nitrogen and oxygen atoms in total. The highest BCUT2D eigenvalue weighted by atomic mass is 16.2. The van der Waals surface area contributed by atoms with Gasteiger partial charge in [-0.3, -0.25) is 29.4 Å². The molecule has 0 spiro atoms. The van der Waals surface area contributed by atoms with E-state index in [-0.39, 0.29) is 18.4 Å². The highest BCUT2D eigenvalue weighted by Crippen LogP contribution is 2.33. The van der Waals surface area contributed by atoms with Crippen LogP contribution in [0.25, 0.3) is 0 Å². The summed E-state index contributed by atoms with van der Waals surface area (Å²) < 4.78 is 1.84. The summed E-state index contributed by atoms with van der Waals surface area (Å²) in [6.07, 6.45) is 2.72. The Morgan fingerprint density at radius 3 is 2.77 bits per heavy atom. The number of amides is 4. The predicted octanol–water partition coefficient (Wildman–Crippen LogP) is 0.277. The number of anilines is 2. The van der Waals surface area contributed by atoms with Gasteiger partial charge in [-0.05, 0) is 24.5 Å². The quantitative estimate of drug-likeness (QED) is 0.698. The zero-order chi connectivity index (χ0) is 21.0. The van der Waals surface area contributed by atoms with Gasteiger partial charge in [0.15, 0.2) is 5.82 Å². The smallest absolute Gasteiger partial charge is 0.262 e. The lowest BCUT2D eigenvalue weighted by Crippen LogP contribution is -2.54. The molecule has 3 aliphatic rings. The summed E-state index contributed by atoms with van der Waals surface area (Å²) in [5.74, 6) is -1.21. The van der Waals surface area contributed by atoms with Crippen molar-refractivity contribution in [2.45, 2.75) is 38.4 Å². The van der Waals surface area contributed by atoms with E-state index in [2.05, 4.69) is 10.4 Å². The second kappa shape index (κ2) is 6.68. The summed E-state index contributed by atoms with van der Waals surface area (Å²) in [5, 5.41) is 6.50. The Labute approximate surface area is 171 Å². The van der Waals surface area contributed by atoms with Gasteiger partial charge >= 0.3 is 0 Å². The Hall–Kier alpha value is -3.69. The first-order chi connectivity index (χ1) is 14.5. The fourth-order valence-electron chi connectivity index (χ4n) is 4.50. The van der Waals surface area contributed by atoms with Gasteiger partial charge in [0.1, 0.15) is 6.04 Å². The lowest BCUT2D eigenvalue weighted by molar-refractivity contribution is -0.136. The molecular weight excluding hydrogens is 388 g/mol. The van der Waals surface area contributed by atoms with Crippen molar-refractivity contribution in [3.8, 4) is 0 Å². The number of nitrogens with zero attached hydrogens (tertiary/aromatic N) is 4. The third kappa shape index (κ3) is 2.67. The van der Waals surface area contributed by atoms with Crippen molar-refractivity contribution in [2.75, 3.05) is 17.2 Å². The van der Waals surface area contributed by atoms with Crippen LogP contribution < -0.4 is 16.0 Å². The Morgan fingerprint density at radius 1 is 1.13 bits per heavy atom. The average Bonchev–Trinajstić information content (AvgIpc) is 3.22. The number of hydrogen-bond acceptors (Lipinski definition) is 7. The number of nitrogens with two attached hydrogens (primary N) is 1. The highest BCUT2D eigenvalue weighted by Gasteiger charge is 2.45. The first-order valence-electron chi connectivity index (χ1n) is 9.85. The van der Waals surface area contributed by atoms with Crippen molar-refractivity contribution in [3.63, 3.8) is 0 Å². The number of aryl methyl sites for hydroxylation is 1. The minimum Gasteiger partial charge on any atom is -0.394 e. The minimum atomic E-state index is -0.977. The van der Waals surface area contributed by atoms with Crippen molar-refractivity contribution in [3.05, 3.63) is 41.1 Å². The average molecular weight is 408 g/mol. The molecule has 1 aromatic heterocycles. The summed E-state index contributed by atoms with van der Waals surface area (Å²) in [7, 11) is 0. The Morgan fingerprint density at radius 2 is 1.97 bits per heavy atom. The van der Waals surface area contributed by atoms with Gasteiger partial charge in [-0.1, -0.05) is 12.1 Å². The summed E-state index contributed by atoms with van der Waals surface area (Å²) in [4.78, 5) is 53.0. The van der Waals surface area contributed by atoms with Gasteiger partial charge in [-0.2, -0.15) is 5.10 Å². The molecule has 3 N–H and O–H groups in total. The van der Waals surface area contributed by atoms with Gasteiger partial charge in [0.2, 0.25) is 11.8 Å². The fraction of sp³-hybridized carbons (Fsp3) is 0.350. The topological polar surface area (TPSA) is 131 Å². The summed E-state index contributed by atoms with van der Waals surface area (Å²) in [6, 6.07) is 4.16. The number of piperidine rings is 1. The van der Waals surface area contributed by atoms with Gasteiger partial charge in [-0.25, -0.2) is 4.68 Å². The molecule has 4 amide bonds. The lowest BCUT2D eigenvalue weighted by atomic mass is 10.0. The number of imide groups is 2. The molecule has 2 aromatic rings. The van der Waals surface area contributed by atoms with Crippen LogP contribution in [0, 0.1) is 0 Å². The number of fused-ring (bicyclic) bond motifs is 2. The Balaban J connectivity index is 1.48. The van der Waals surface area contributed by atoms with Gasteiger partial charge in [-0.15, -0.1) is 0 Å². The van der Waals surface area contributed by atoms with Crippen LogP contribution in [0.2, 0.25) is 0 Å². The molecule has 5 rings (SSSR count). The first kappa shape index (κ1) is 18.3. The molecule has 0 bridgehead atoms. The summed E-state index contributed by atoms with van der Waals surface area (Å²) in [5.41, 5.74) is 7.93. The second-order valence-electron chi connectivity index (χ2n) is 7.71. The van der Waals surface area contributed by atoms with E-state index in [1.54, 1.807) is 18.3 Å². The van der Waals surface area contributed by atoms with Crippen LogP contribution in [0.4, 0.5) is 11.5 Å². The number of carbonyl (C=O) groups excluding carboxylic acids is 4. The molecule has 3 aliphatic heterocycles. The molecule has 1 aromatic carbocycles. The number of benzene rings is 1. The van der Waals surface area contributed by atoms with E-state index in [9.17, 15) is 19.2 Å². The maximum Gasteiger partial charge on any atom is 0.262 e.